The summed E-state index contributed by atoms with van der Waals surface area (Å²) >= 11 is 0. The van der Waals surface area contributed by atoms with Crippen LogP contribution in [0.3, 0.4) is 0 Å². The molecule has 0 saturated carbocycles. The highest BCUT2D eigenvalue weighted by Crippen LogP contribution is 2.35. The molecule has 1 aliphatic rings. The first-order chi connectivity index (χ1) is 12.4. The maximum Gasteiger partial charge on any atom is 0.264 e. The average molecular weight is 374 g/mol. The summed E-state index contributed by atoms with van der Waals surface area (Å²) in [5.74, 6) is 0.782. The Kier molecular flexibility index (Phi) is 5.76. The summed E-state index contributed by atoms with van der Waals surface area (Å²) in [4.78, 5) is 0. The summed E-state index contributed by atoms with van der Waals surface area (Å²) in [5, 5.41) is 0. The van der Waals surface area contributed by atoms with E-state index >= 15 is 0 Å². The number of methoxy groups -OCH3 is 1. The second kappa shape index (κ2) is 8.03. The fraction of sp³-hybridized carbons (Fsp3) is 0.300. The maximum absolute atomic E-state index is 11.5. The Morgan fingerprint density at radius 1 is 1.08 bits per heavy atom. The van der Waals surface area contributed by atoms with E-state index in [1.165, 1.54) is 0 Å². The number of hydrogen-bond acceptors (Lipinski definition) is 5. The van der Waals surface area contributed by atoms with Crippen LogP contribution in [0.15, 0.2) is 60.2 Å². The molecule has 5 nitrogen and oxygen atoms in total. The molecular weight excluding hydrogens is 352 g/mol. The van der Waals surface area contributed by atoms with Crippen LogP contribution in [0, 0.1) is 0 Å². The first kappa shape index (κ1) is 18.6. The first-order valence-corrected chi connectivity index (χ1v) is 10.2. The van der Waals surface area contributed by atoms with Crippen LogP contribution in [0.2, 0.25) is 0 Å². The largest absolute Gasteiger partial charge is 0.497 e. The van der Waals surface area contributed by atoms with Gasteiger partial charge >= 0.3 is 0 Å². The van der Waals surface area contributed by atoms with Crippen molar-refractivity contribution in [2.24, 2.45) is 0 Å². The normalized spacial score (nSPS) is 22.3. The minimum atomic E-state index is -3.53. The Balaban J connectivity index is 1.90. The number of rotatable bonds is 5. The summed E-state index contributed by atoms with van der Waals surface area (Å²) in [6.07, 6.45) is 2.82. The highest BCUT2D eigenvalue weighted by atomic mass is 32.2. The predicted molar refractivity (Wildman–Crippen MR) is 100 cm³/mol. The van der Waals surface area contributed by atoms with Gasteiger partial charge in [-0.15, -0.1) is 0 Å². The number of hydrogen-bond donors (Lipinski definition) is 0. The third kappa shape index (κ3) is 4.94. The summed E-state index contributed by atoms with van der Waals surface area (Å²) in [6.45, 7) is 0.229. The van der Waals surface area contributed by atoms with Crippen LogP contribution in [0.5, 0.6) is 5.75 Å². The van der Waals surface area contributed by atoms with Crippen molar-refractivity contribution in [1.29, 1.82) is 0 Å². The molecule has 1 heterocycles. The smallest absolute Gasteiger partial charge is 0.264 e. The van der Waals surface area contributed by atoms with Crippen molar-refractivity contribution in [2.75, 3.05) is 20.0 Å². The lowest BCUT2D eigenvalue weighted by molar-refractivity contribution is -0.0116. The summed E-state index contributed by atoms with van der Waals surface area (Å²) < 4.78 is 39.3. The molecule has 0 radical (unpaired) electrons. The first-order valence-electron chi connectivity index (χ1n) is 8.34. The molecule has 2 aromatic rings. The Morgan fingerprint density at radius 2 is 1.77 bits per heavy atom. The van der Waals surface area contributed by atoms with Crippen molar-refractivity contribution in [2.45, 2.75) is 18.6 Å². The van der Waals surface area contributed by atoms with Crippen LogP contribution in [0.25, 0.3) is 6.08 Å². The zero-order valence-electron chi connectivity index (χ0n) is 14.8. The van der Waals surface area contributed by atoms with Gasteiger partial charge in [-0.05, 0) is 28.8 Å². The predicted octanol–water partition coefficient (Wildman–Crippen LogP) is 3.59. The van der Waals surface area contributed by atoms with Crippen molar-refractivity contribution in [3.05, 3.63) is 71.3 Å². The minimum Gasteiger partial charge on any atom is -0.497 e. The van der Waals surface area contributed by atoms with Crippen LogP contribution in [0.4, 0.5) is 0 Å². The van der Waals surface area contributed by atoms with Crippen LogP contribution >= 0.6 is 0 Å². The minimum absolute atomic E-state index is 0.224. The monoisotopic (exact) mass is 374 g/mol. The van der Waals surface area contributed by atoms with Crippen LogP contribution in [-0.4, -0.2) is 34.5 Å². The van der Waals surface area contributed by atoms with Crippen molar-refractivity contribution in [3.8, 4) is 5.75 Å². The SMILES string of the molecule is COc1ccc(/C=C2/C[C@H](OS(C)(=O)=O)CO[C@@H]2c2ccccc2)cc1. The van der Waals surface area contributed by atoms with Gasteiger partial charge < -0.3 is 9.47 Å². The van der Waals surface area contributed by atoms with Gasteiger partial charge in [0.1, 0.15) is 18.0 Å². The van der Waals surface area contributed by atoms with E-state index in [-0.39, 0.29) is 12.7 Å². The van der Waals surface area contributed by atoms with Gasteiger partial charge in [-0.3, -0.25) is 4.18 Å². The molecule has 0 amide bonds. The van der Waals surface area contributed by atoms with Gasteiger partial charge in [-0.2, -0.15) is 8.42 Å². The van der Waals surface area contributed by atoms with Crippen LogP contribution < -0.4 is 4.74 Å². The van der Waals surface area contributed by atoms with Gasteiger partial charge in [0.2, 0.25) is 0 Å². The second-order valence-electron chi connectivity index (χ2n) is 6.24. The second-order valence-corrected chi connectivity index (χ2v) is 7.84. The highest BCUT2D eigenvalue weighted by molar-refractivity contribution is 7.86. The average Bonchev–Trinajstić information content (AvgIpc) is 2.62. The van der Waals surface area contributed by atoms with Crippen molar-refractivity contribution in [3.63, 3.8) is 0 Å². The Hall–Kier alpha value is -2.15. The summed E-state index contributed by atoms with van der Waals surface area (Å²) in [5.41, 5.74) is 3.00. The molecular formula is C20H22O5S. The molecule has 2 aromatic carbocycles. The molecule has 1 fully saturated rings. The molecule has 0 unspecified atom stereocenters. The molecule has 0 spiro atoms. The summed E-state index contributed by atoms with van der Waals surface area (Å²) in [6, 6.07) is 17.6. The molecule has 0 N–H and O–H groups in total. The van der Waals surface area contributed by atoms with E-state index in [2.05, 4.69) is 0 Å². The van der Waals surface area contributed by atoms with Gasteiger partial charge in [0, 0.05) is 6.42 Å². The number of benzene rings is 2. The third-order valence-electron chi connectivity index (χ3n) is 4.13. The number of ether oxygens (including phenoxy) is 2. The van der Waals surface area contributed by atoms with E-state index in [9.17, 15) is 8.42 Å². The van der Waals surface area contributed by atoms with E-state index < -0.39 is 16.2 Å². The molecule has 0 aromatic heterocycles. The van der Waals surface area contributed by atoms with Gasteiger partial charge in [0.15, 0.2) is 0 Å². The quantitative estimate of drug-likeness (QED) is 0.749. The van der Waals surface area contributed by atoms with Crippen LogP contribution in [0.1, 0.15) is 23.7 Å². The Bertz CT molecular complexity index is 857. The van der Waals surface area contributed by atoms with Gasteiger partial charge in [-0.1, -0.05) is 48.5 Å². The molecule has 1 saturated heterocycles. The molecule has 0 aliphatic carbocycles. The zero-order chi connectivity index (χ0) is 18.6. The van der Waals surface area contributed by atoms with Crippen molar-refractivity contribution in [1.82, 2.24) is 0 Å². The molecule has 0 bridgehead atoms. The van der Waals surface area contributed by atoms with Gasteiger partial charge in [0.25, 0.3) is 10.1 Å². The Morgan fingerprint density at radius 3 is 2.38 bits per heavy atom. The standard InChI is InChI=1S/C20H22O5S/c1-23-18-10-8-15(9-11-18)12-17-13-19(25-26(2,21)22)14-24-20(17)16-6-4-3-5-7-16/h3-12,19-20H,13-14H2,1-2H3/b17-12-/t19-,20+/m0/s1. The lowest BCUT2D eigenvalue weighted by atomic mass is 9.92. The highest BCUT2D eigenvalue weighted by Gasteiger charge is 2.30. The van der Waals surface area contributed by atoms with Crippen molar-refractivity contribution < 1.29 is 22.1 Å². The molecule has 2 atom stereocenters. The van der Waals surface area contributed by atoms with E-state index in [1.807, 2.05) is 60.7 Å². The van der Waals surface area contributed by atoms with Crippen molar-refractivity contribution >= 4 is 16.2 Å². The molecule has 1 aliphatic heterocycles. The van der Waals surface area contributed by atoms with Gasteiger partial charge in [-0.25, -0.2) is 0 Å². The fourth-order valence-electron chi connectivity index (χ4n) is 3.04. The molecule has 3 rings (SSSR count). The lowest BCUT2D eigenvalue weighted by Gasteiger charge is -2.31. The fourth-order valence-corrected chi connectivity index (χ4v) is 3.65. The molecule has 6 heteroatoms. The third-order valence-corrected chi connectivity index (χ3v) is 4.75. The van der Waals surface area contributed by atoms with E-state index in [0.29, 0.717) is 6.42 Å². The van der Waals surface area contributed by atoms with Gasteiger partial charge in [0.05, 0.1) is 20.0 Å². The summed E-state index contributed by atoms with van der Waals surface area (Å²) in [7, 11) is -1.91. The van der Waals surface area contributed by atoms with Crippen LogP contribution in [-0.2, 0) is 19.0 Å². The van der Waals surface area contributed by atoms with E-state index in [1.54, 1.807) is 7.11 Å². The molecule has 26 heavy (non-hydrogen) atoms. The van der Waals surface area contributed by atoms with E-state index in [0.717, 1.165) is 28.7 Å². The molecule has 138 valence electrons. The zero-order valence-corrected chi connectivity index (χ0v) is 15.6. The maximum atomic E-state index is 11.5. The topological polar surface area (TPSA) is 61.8 Å². The Labute approximate surface area is 154 Å². The van der Waals surface area contributed by atoms with E-state index in [4.69, 9.17) is 13.7 Å². The lowest BCUT2D eigenvalue weighted by Crippen LogP contribution is -2.31.